The highest BCUT2D eigenvalue weighted by Gasteiger charge is 2.18. The maximum absolute atomic E-state index is 4.47. The molecule has 1 aliphatic heterocycles. The Bertz CT molecular complexity index is 677. The molecule has 5 heteroatoms. The zero-order valence-electron chi connectivity index (χ0n) is 15.6. The summed E-state index contributed by atoms with van der Waals surface area (Å²) in [4.78, 5) is 13.6. The maximum Gasteiger partial charge on any atom is 0.134 e. The van der Waals surface area contributed by atoms with E-state index in [2.05, 4.69) is 76.2 Å². The molecule has 1 aromatic heterocycles. The molecule has 5 nitrogen and oxygen atoms in total. The first kappa shape index (κ1) is 17.5. The lowest BCUT2D eigenvalue weighted by atomic mass is 10.1. The first-order valence-corrected chi connectivity index (χ1v) is 9.24. The van der Waals surface area contributed by atoms with Crippen molar-refractivity contribution in [3.63, 3.8) is 0 Å². The molecule has 2 aromatic rings. The highest BCUT2D eigenvalue weighted by molar-refractivity contribution is 5.53. The molecule has 0 unspecified atom stereocenters. The number of benzene rings is 1. The Morgan fingerprint density at radius 2 is 1.80 bits per heavy atom. The average Bonchev–Trinajstić information content (AvgIpc) is 2.62. The summed E-state index contributed by atoms with van der Waals surface area (Å²) in [6, 6.07) is 10.8. The van der Waals surface area contributed by atoms with Crippen LogP contribution in [0.3, 0.4) is 0 Å². The minimum Gasteiger partial charge on any atom is -0.370 e. The Kier molecular flexibility index (Phi) is 5.74. The number of hydrogen-bond donors (Lipinski definition) is 1. The van der Waals surface area contributed by atoms with Crippen LogP contribution in [-0.2, 0) is 0 Å². The van der Waals surface area contributed by atoms with Gasteiger partial charge in [-0.2, -0.15) is 0 Å². The molecule has 1 aliphatic rings. The van der Waals surface area contributed by atoms with Crippen molar-refractivity contribution < 1.29 is 0 Å². The van der Waals surface area contributed by atoms with Gasteiger partial charge in [0.1, 0.15) is 18.0 Å². The van der Waals surface area contributed by atoms with E-state index in [-0.39, 0.29) is 0 Å². The molecule has 0 bridgehead atoms. The zero-order valence-corrected chi connectivity index (χ0v) is 15.6. The number of aryl methyl sites for hydroxylation is 1. The van der Waals surface area contributed by atoms with Crippen LogP contribution in [0.1, 0.15) is 25.8 Å². The Hall–Kier alpha value is -2.30. The number of nitrogens with zero attached hydrogens (tertiary/aromatic N) is 4. The van der Waals surface area contributed by atoms with Gasteiger partial charge in [0.05, 0.1) is 0 Å². The molecule has 1 aromatic carbocycles. The third-order valence-corrected chi connectivity index (χ3v) is 4.65. The van der Waals surface area contributed by atoms with E-state index in [1.54, 1.807) is 6.33 Å². The Labute approximate surface area is 151 Å². The van der Waals surface area contributed by atoms with Crippen molar-refractivity contribution in [3.8, 4) is 0 Å². The van der Waals surface area contributed by atoms with Crippen LogP contribution in [0.2, 0.25) is 0 Å². The molecular weight excluding hydrogens is 310 g/mol. The number of rotatable bonds is 6. The summed E-state index contributed by atoms with van der Waals surface area (Å²) in [5.41, 5.74) is 2.63. The van der Waals surface area contributed by atoms with E-state index in [1.807, 2.05) is 0 Å². The SMILES string of the molecule is Cc1cccc(N2CCN(c3cc(NCCC(C)C)ncn3)CC2)c1. The Balaban J connectivity index is 1.57. The van der Waals surface area contributed by atoms with Crippen molar-refractivity contribution in [2.45, 2.75) is 27.2 Å². The monoisotopic (exact) mass is 339 g/mol. The van der Waals surface area contributed by atoms with Crippen LogP contribution < -0.4 is 15.1 Å². The van der Waals surface area contributed by atoms with Gasteiger partial charge in [0.25, 0.3) is 0 Å². The third kappa shape index (κ3) is 4.84. The summed E-state index contributed by atoms with van der Waals surface area (Å²) < 4.78 is 0. The van der Waals surface area contributed by atoms with E-state index in [9.17, 15) is 0 Å². The Morgan fingerprint density at radius 3 is 2.52 bits per heavy atom. The van der Waals surface area contributed by atoms with Gasteiger partial charge in [-0.1, -0.05) is 26.0 Å². The van der Waals surface area contributed by atoms with Gasteiger partial charge in [-0.25, -0.2) is 9.97 Å². The lowest BCUT2D eigenvalue weighted by molar-refractivity contribution is 0.606. The zero-order chi connectivity index (χ0) is 17.6. The van der Waals surface area contributed by atoms with Gasteiger partial charge in [-0.3, -0.25) is 0 Å². The molecule has 25 heavy (non-hydrogen) atoms. The maximum atomic E-state index is 4.47. The van der Waals surface area contributed by atoms with Crippen LogP contribution in [0.5, 0.6) is 0 Å². The van der Waals surface area contributed by atoms with Crippen LogP contribution >= 0.6 is 0 Å². The van der Waals surface area contributed by atoms with Gasteiger partial charge in [-0.05, 0) is 37.0 Å². The van der Waals surface area contributed by atoms with E-state index < -0.39 is 0 Å². The summed E-state index contributed by atoms with van der Waals surface area (Å²) in [6.07, 6.45) is 2.81. The van der Waals surface area contributed by atoms with Gasteiger partial charge < -0.3 is 15.1 Å². The fourth-order valence-corrected chi connectivity index (χ4v) is 3.12. The predicted octanol–water partition coefficient (Wildman–Crippen LogP) is 3.57. The molecule has 0 amide bonds. The second-order valence-electron chi connectivity index (χ2n) is 7.18. The topological polar surface area (TPSA) is 44.3 Å². The summed E-state index contributed by atoms with van der Waals surface area (Å²) in [6.45, 7) is 11.6. The third-order valence-electron chi connectivity index (χ3n) is 4.65. The molecule has 0 aliphatic carbocycles. The van der Waals surface area contributed by atoms with Gasteiger partial charge in [0.2, 0.25) is 0 Å². The average molecular weight is 339 g/mol. The summed E-state index contributed by atoms with van der Waals surface area (Å²) in [7, 11) is 0. The van der Waals surface area contributed by atoms with Crippen molar-refractivity contribution in [2.24, 2.45) is 5.92 Å². The van der Waals surface area contributed by atoms with Gasteiger partial charge in [-0.15, -0.1) is 0 Å². The number of nitrogens with one attached hydrogen (secondary N) is 1. The number of hydrogen-bond acceptors (Lipinski definition) is 5. The second-order valence-corrected chi connectivity index (χ2v) is 7.18. The number of anilines is 3. The summed E-state index contributed by atoms with van der Waals surface area (Å²) in [5, 5.41) is 3.41. The first-order valence-electron chi connectivity index (χ1n) is 9.24. The molecule has 0 spiro atoms. The predicted molar refractivity (Wildman–Crippen MR) is 106 cm³/mol. The summed E-state index contributed by atoms with van der Waals surface area (Å²) >= 11 is 0. The molecule has 134 valence electrons. The van der Waals surface area contributed by atoms with Gasteiger partial charge >= 0.3 is 0 Å². The largest absolute Gasteiger partial charge is 0.370 e. The van der Waals surface area contributed by atoms with Crippen LogP contribution in [0.25, 0.3) is 0 Å². The lowest BCUT2D eigenvalue weighted by Gasteiger charge is -2.36. The molecular formula is C20H29N5. The van der Waals surface area contributed by atoms with Crippen LogP contribution in [-0.4, -0.2) is 42.7 Å². The minimum absolute atomic E-state index is 0.698. The van der Waals surface area contributed by atoms with E-state index >= 15 is 0 Å². The van der Waals surface area contributed by atoms with Crippen molar-refractivity contribution >= 4 is 17.3 Å². The number of aromatic nitrogens is 2. The molecule has 0 radical (unpaired) electrons. The highest BCUT2D eigenvalue weighted by atomic mass is 15.3. The van der Waals surface area contributed by atoms with E-state index in [4.69, 9.17) is 0 Å². The molecule has 1 fully saturated rings. The Morgan fingerprint density at radius 1 is 1.04 bits per heavy atom. The smallest absolute Gasteiger partial charge is 0.134 e. The van der Waals surface area contributed by atoms with Crippen molar-refractivity contribution in [3.05, 3.63) is 42.2 Å². The number of piperazine rings is 1. The van der Waals surface area contributed by atoms with Crippen molar-refractivity contribution in [1.29, 1.82) is 0 Å². The minimum atomic E-state index is 0.698. The fraction of sp³-hybridized carbons (Fsp3) is 0.500. The quantitative estimate of drug-likeness (QED) is 0.871. The molecule has 2 heterocycles. The highest BCUT2D eigenvalue weighted by Crippen LogP contribution is 2.21. The fourth-order valence-electron chi connectivity index (χ4n) is 3.12. The van der Waals surface area contributed by atoms with E-state index in [0.29, 0.717) is 5.92 Å². The molecule has 1 N–H and O–H groups in total. The standard InChI is InChI=1S/C20H29N5/c1-16(2)7-8-21-19-14-20(23-15-22-19)25-11-9-24(10-12-25)18-6-4-5-17(3)13-18/h4-6,13-16H,7-12H2,1-3H3,(H,21,22,23). The van der Waals surface area contributed by atoms with Crippen LogP contribution in [0, 0.1) is 12.8 Å². The summed E-state index contributed by atoms with van der Waals surface area (Å²) in [5.74, 6) is 2.64. The van der Waals surface area contributed by atoms with Crippen LogP contribution in [0.4, 0.5) is 17.3 Å². The lowest BCUT2D eigenvalue weighted by Crippen LogP contribution is -2.46. The van der Waals surface area contributed by atoms with E-state index in [0.717, 1.165) is 50.8 Å². The van der Waals surface area contributed by atoms with Gasteiger partial charge in [0.15, 0.2) is 0 Å². The normalized spacial score (nSPS) is 14.9. The molecule has 1 saturated heterocycles. The second kappa shape index (κ2) is 8.19. The van der Waals surface area contributed by atoms with Crippen molar-refractivity contribution in [1.82, 2.24) is 9.97 Å². The molecule has 3 rings (SSSR count). The van der Waals surface area contributed by atoms with Gasteiger partial charge in [0, 0.05) is 44.5 Å². The van der Waals surface area contributed by atoms with Crippen LogP contribution in [0.15, 0.2) is 36.7 Å². The first-order chi connectivity index (χ1) is 12.1. The molecule has 0 saturated carbocycles. The van der Waals surface area contributed by atoms with E-state index in [1.165, 1.54) is 11.3 Å². The van der Waals surface area contributed by atoms with Crippen molar-refractivity contribution in [2.75, 3.05) is 47.8 Å². The molecule has 0 atom stereocenters.